The number of hydrogen-bond acceptors (Lipinski definition) is 5. The monoisotopic (exact) mass is 415 g/mol. The summed E-state index contributed by atoms with van der Waals surface area (Å²) in [6, 6.07) is 23.1. The first kappa shape index (κ1) is 19.7. The van der Waals surface area contributed by atoms with Crippen LogP contribution in [-0.4, -0.2) is 21.2 Å². The zero-order valence-corrected chi connectivity index (χ0v) is 17.3. The van der Waals surface area contributed by atoms with Gasteiger partial charge >= 0.3 is 6.03 Å². The highest BCUT2D eigenvalue weighted by molar-refractivity contribution is 7.18. The molecule has 0 radical (unpaired) electrons. The first-order chi connectivity index (χ1) is 14.7. The molecular formula is C23H21N5OS. The van der Waals surface area contributed by atoms with Crippen LogP contribution < -0.4 is 10.6 Å². The van der Waals surface area contributed by atoms with Crippen molar-refractivity contribution >= 4 is 22.5 Å². The largest absolute Gasteiger partial charge is 0.329 e. The van der Waals surface area contributed by atoms with Gasteiger partial charge in [-0.15, -0.1) is 10.2 Å². The van der Waals surface area contributed by atoms with Crippen molar-refractivity contribution in [2.24, 2.45) is 0 Å². The van der Waals surface area contributed by atoms with E-state index in [2.05, 4.69) is 57.0 Å². The van der Waals surface area contributed by atoms with Crippen molar-refractivity contribution in [3.8, 4) is 10.6 Å². The van der Waals surface area contributed by atoms with Gasteiger partial charge in [0, 0.05) is 11.8 Å². The predicted molar refractivity (Wildman–Crippen MR) is 119 cm³/mol. The fourth-order valence-corrected chi connectivity index (χ4v) is 3.78. The van der Waals surface area contributed by atoms with E-state index in [0.717, 1.165) is 21.8 Å². The number of carbonyl (C=O) groups is 1. The Morgan fingerprint density at radius 1 is 0.967 bits per heavy atom. The summed E-state index contributed by atoms with van der Waals surface area (Å²) >= 11 is 1.33. The van der Waals surface area contributed by atoms with Crippen LogP contribution in [-0.2, 0) is 6.42 Å². The number of nitrogens with zero attached hydrogens (tertiary/aromatic N) is 3. The summed E-state index contributed by atoms with van der Waals surface area (Å²) in [5.41, 5.74) is 4.09. The molecule has 2 heterocycles. The molecule has 0 saturated heterocycles. The maximum absolute atomic E-state index is 12.7. The third kappa shape index (κ3) is 5.07. The first-order valence-electron chi connectivity index (χ1n) is 9.60. The molecule has 0 bridgehead atoms. The lowest BCUT2D eigenvalue weighted by Crippen LogP contribution is -2.34. The lowest BCUT2D eigenvalue weighted by Gasteiger charge is -2.18. The van der Waals surface area contributed by atoms with Gasteiger partial charge in [0.1, 0.15) is 5.01 Å². The molecule has 30 heavy (non-hydrogen) atoms. The minimum absolute atomic E-state index is 0.268. The Balaban J connectivity index is 1.46. The van der Waals surface area contributed by atoms with Crippen LogP contribution in [0.2, 0.25) is 0 Å². The molecule has 2 N–H and O–H groups in total. The minimum Gasteiger partial charge on any atom is -0.329 e. The first-order valence-corrected chi connectivity index (χ1v) is 10.4. The highest BCUT2D eigenvalue weighted by Crippen LogP contribution is 2.26. The Morgan fingerprint density at radius 2 is 1.73 bits per heavy atom. The van der Waals surface area contributed by atoms with Crippen LogP contribution in [0.1, 0.15) is 22.9 Å². The summed E-state index contributed by atoms with van der Waals surface area (Å²) in [6.45, 7) is 2.05. The summed E-state index contributed by atoms with van der Waals surface area (Å²) < 4.78 is 0. The van der Waals surface area contributed by atoms with Crippen molar-refractivity contribution in [3.63, 3.8) is 0 Å². The maximum atomic E-state index is 12.7. The van der Waals surface area contributed by atoms with Gasteiger partial charge in [-0.05, 0) is 31.0 Å². The average molecular weight is 416 g/mol. The molecule has 2 aromatic heterocycles. The molecule has 0 aliphatic rings. The number of carbonyl (C=O) groups excluding carboxylic acids is 1. The molecule has 2 aromatic carbocycles. The third-order valence-corrected chi connectivity index (χ3v) is 5.46. The van der Waals surface area contributed by atoms with E-state index in [1.807, 2.05) is 48.5 Å². The van der Waals surface area contributed by atoms with Gasteiger partial charge in [0.2, 0.25) is 5.13 Å². The summed E-state index contributed by atoms with van der Waals surface area (Å²) in [5.74, 6) is 0. The Bertz CT molecular complexity index is 1100. The summed E-state index contributed by atoms with van der Waals surface area (Å²) in [4.78, 5) is 17.1. The number of hydrogen-bond donors (Lipinski definition) is 2. The number of rotatable bonds is 6. The fraction of sp³-hybridized carbons (Fsp3) is 0.130. The molecule has 0 saturated carbocycles. The molecule has 4 rings (SSSR count). The predicted octanol–water partition coefficient (Wildman–Crippen LogP) is 5.01. The highest BCUT2D eigenvalue weighted by Gasteiger charge is 2.18. The summed E-state index contributed by atoms with van der Waals surface area (Å²) in [7, 11) is 0. The van der Waals surface area contributed by atoms with Gasteiger partial charge in [-0.1, -0.05) is 77.6 Å². The Labute approximate surface area is 179 Å². The van der Waals surface area contributed by atoms with Crippen LogP contribution in [0.3, 0.4) is 0 Å². The standard InChI is InChI=1S/C23H21N5OS/c1-16-10-12-17(13-11-16)15-20(19-9-5-6-14-24-19)25-22(29)26-23-28-27-21(30-23)18-7-3-2-4-8-18/h2-14,20H,15H2,1H3,(H2,25,26,28,29). The van der Waals surface area contributed by atoms with Crippen molar-refractivity contribution in [1.82, 2.24) is 20.5 Å². The van der Waals surface area contributed by atoms with E-state index >= 15 is 0 Å². The summed E-state index contributed by atoms with van der Waals surface area (Å²) in [6.07, 6.45) is 2.37. The van der Waals surface area contributed by atoms with Gasteiger partial charge in [-0.25, -0.2) is 4.79 Å². The third-order valence-electron chi connectivity index (χ3n) is 4.58. The van der Waals surface area contributed by atoms with Crippen LogP contribution in [0.15, 0.2) is 79.0 Å². The number of amides is 2. The minimum atomic E-state index is -0.339. The number of aryl methyl sites for hydroxylation is 1. The van der Waals surface area contributed by atoms with Crippen molar-refractivity contribution in [3.05, 3.63) is 95.8 Å². The van der Waals surface area contributed by atoms with Crippen LogP contribution in [0.25, 0.3) is 10.6 Å². The zero-order valence-electron chi connectivity index (χ0n) is 16.4. The van der Waals surface area contributed by atoms with Crippen molar-refractivity contribution in [2.45, 2.75) is 19.4 Å². The fourth-order valence-electron chi connectivity index (χ4n) is 3.03. The van der Waals surface area contributed by atoms with Crippen molar-refractivity contribution in [1.29, 1.82) is 0 Å². The lowest BCUT2D eigenvalue weighted by atomic mass is 10.0. The number of urea groups is 1. The van der Waals surface area contributed by atoms with Gasteiger partial charge < -0.3 is 5.32 Å². The van der Waals surface area contributed by atoms with Crippen molar-refractivity contribution < 1.29 is 4.79 Å². The van der Waals surface area contributed by atoms with E-state index in [0.29, 0.717) is 11.6 Å². The Kier molecular flexibility index (Phi) is 6.10. The molecular weight excluding hydrogens is 394 g/mol. The van der Waals surface area contributed by atoms with E-state index in [9.17, 15) is 4.79 Å². The van der Waals surface area contributed by atoms with Crippen molar-refractivity contribution in [2.75, 3.05) is 5.32 Å². The number of benzene rings is 2. The lowest BCUT2D eigenvalue weighted by molar-refractivity contribution is 0.248. The van der Waals surface area contributed by atoms with E-state index < -0.39 is 0 Å². The highest BCUT2D eigenvalue weighted by atomic mass is 32.1. The Hall–Kier alpha value is -3.58. The van der Waals surface area contributed by atoms with Crippen LogP contribution in [0, 0.1) is 6.92 Å². The quantitative estimate of drug-likeness (QED) is 0.464. The SMILES string of the molecule is Cc1ccc(CC(NC(=O)Nc2nnc(-c3ccccc3)s2)c2ccccn2)cc1. The molecule has 1 unspecified atom stereocenters. The second kappa shape index (κ2) is 9.28. The normalized spacial score (nSPS) is 11.6. The van der Waals surface area contributed by atoms with Gasteiger partial charge in [0.15, 0.2) is 0 Å². The molecule has 0 fully saturated rings. The summed E-state index contributed by atoms with van der Waals surface area (Å²) in [5, 5.41) is 15.3. The van der Waals surface area contributed by atoms with Crippen LogP contribution in [0.5, 0.6) is 0 Å². The van der Waals surface area contributed by atoms with E-state index in [1.54, 1.807) is 6.20 Å². The van der Waals surface area contributed by atoms with E-state index in [-0.39, 0.29) is 12.1 Å². The topological polar surface area (TPSA) is 79.8 Å². The van der Waals surface area contributed by atoms with E-state index in [1.165, 1.54) is 16.9 Å². The zero-order chi connectivity index (χ0) is 20.8. The molecule has 7 heteroatoms. The molecule has 6 nitrogen and oxygen atoms in total. The number of anilines is 1. The van der Waals surface area contributed by atoms with Gasteiger partial charge in [-0.3, -0.25) is 10.3 Å². The van der Waals surface area contributed by atoms with Crippen LogP contribution >= 0.6 is 11.3 Å². The maximum Gasteiger partial charge on any atom is 0.321 e. The second-order valence-electron chi connectivity index (χ2n) is 6.87. The number of pyridine rings is 1. The van der Waals surface area contributed by atoms with Gasteiger partial charge in [0.25, 0.3) is 0 Å². The smallest absolute Gasteiger partial charge is 0.321 e. The number of nitrogens with one attached hydrogen (secondary N) is 2. The molecule has 150 valence electrons. The van der Waals surface area contributed by atoms with E-state index in [4.69, 9.17) is 0 Å². The molecule has 0 aliphatic heterocycles. The van der Waals surface area contributed by atoms with Gasteiger partial charge in [-0.2, -0.15) is 0 Å². The molecule has 1 atom stereocenters. The number of aromatic nitrogens is 3. The second-order valence-corrected chi connectivity index (χ2v) is 7.85. The molecule has 2 amide bonds. The van der Waals surface area contributed by atoms with Gasteiger partial charge in [0.05, 0.1) is 11.7 Å². The molecule has 0 spiro atoms. The Morgan fingerprint density at radius 3 is 2.47 bits per heavy atom. The average Bonchev–Trinajstić information content (AvgIpc) is 3.24. The van der Waals surface area contributed by atoms with Crippen LogP contribution in [0.4, 0.5) is 9.93 Å². The molecule has 0 aliphatic carbocycles. The molecule has 4 aromatic rings.